The van der Waals surface area contributed by atoms with Gasteiger partial charge in [0.2, 0.25) is 5.91 Å². The van der Waals surface area contributed by atoms with Crippen molar-refractivity contribution in [2.45, 2.75) is 13.0 Å². The number of pyridine rings is 1. The van der Waals surface area contributed by atoms with E-state index in [0.717, 1.165) is 18.5 Å². The summed E-state index contributed by atoms with van der Waals surface area (Å²) in [5, 5.41) is 2.96. The summed E-state index contributed by atoms with van der Waals surface area (Å²) in [6, 6.07) is 15.2. The molecule has 1 aromatic carbocycles. The molecule has 0 saturated carbocycles. The van der Waals surface area contributed by atoms with Crippen LogP contribution in [0.4, 0.5) is 0 Å². The van der Waals surface area contributed by atoms with Crippen LogP contribution in [0, 0.1) is 0 Å². The summed E-state index contributed by atoms with van der Waals surface area (Å²) >= 11 is 3.30. The molecule has 0 unspecified atom stereocenters. The van der Waals surface area contributed by atoms with Crippen LogP contribution in [-0.2, 0) is 11.3 Å². The molecule has 1 fully saturated rings. The van der Waals surface area contributed by atoms with Crippen molar-refractivity contribution in [2.75, 3.05) is 32.7 Å². The van der Waals surface area contributed by atoms with Gasteiger partial charge in [0.25, 0.3) is 5.91 Å². The Morgan fingerprint density at radius 1 is 1.00 bits per heavy atom. The second-order valence-electron chi connectivity index (χ2n) is 6.53. The summed E-state index contributed by atoms with van der Waals surface area (Å²) in [4.78, 5) is 33.0. The Hall–Kier alpha value is -2.25. The number of nitrogens with zero attached hydrogens (tertiary/aromatic N) is 3. The van der Waals surface area contributed by atoms with E-state index in [0.29, 0.717) is 43.0 Å². The molecule has 2 aromatic rings. The molecule has 1 aliphatic heterocycles. The largest absolute Gasteiger partial charge is 0.351 e. The third-order valence-electron chi connectivity index (χ3n) is 4.51. The van der Waals surface area contributed by atoms with E-state index >= 15 is 0 Å². The Morgan fingerprint density at radius 3 is 2.59 bits per heavy atom. The first-order valence-corrected chi connectivity index (χ1v) is 9.86. The van der Waals surface area contributed by atoms with E-state index in [4.69, 9.17) is 0 Å². The molecule has 0 aliphatic carbocycles. The molecule has 3 rings (SSSR count). The summed E-state index contributed by atoms with van der Waals surface area (Å²) in [6.45, 7) is 3.64. The average Bonchev–Trinajstić information content (AvgIpc) is 2.92. The lowest BCUT2D eigenvalue weighted by Crippen LogP contribution is -2.40. The lowest BCUT2D eigenvalue weighted by molar-refractivity contribution is -0.122. The Labute approximate surface area is 167 Å². The molecule has 27 heavy (non-hydrogen) atoms. The third-order valence-corrected chi connectivity index (χ3v) is 4.95. The van der Waals surface area contributed by atoms with Crippen LogP contribution >= 0.6 is 15.9 Å². The van der Waals surface area contributed by atoms with Crippen molar-refractivity contribution in [3.8, 4) is 0 Å². The Balaban J connectivity index is 1.48. The smallest absolute Gasteiger partial charge is 0.272 e. The number of hydrogen-bond acceptors (Lipinski definition) is 4. The van der Waals surface area contributed by atoms with Gasteiger partial charge in [-0.05, 0) is 40.0 Å². The van der Waals surface area contributed by atoms with E-state index in [1.165, 1.54) is 0 Å². The van der Waals surface area contributed by atoms with Gasteiger partial charge in [0.15, 0.2) is 0 Å². The zero-order valence-electron chi connectivity index (χ0n) is 15.1. The summed E-state index contributed by atoms with van der Waals surface area (Å²) in [5.74, 6) is -0.0565. The molecular formula is C20H23BrN4O2. The molecule has 0 radical (unpaired) electrons. The number of benzene rings is 1. The van der Waals surface area contributed by atoms with Crippen LogP contribution in [0.3, 0.4) is 0 Å². The summed E-state index contributed by atoms with van der Waals surface area (Å²) < 4.78 is 0.653. The maximum atomic E-state index is 12.6. The molecule has 0 bridgehead atoms. The quantitative estimate of drug-likeness (QED) is 0.739. The van der Waals surface area contributed by atoms with E-state index < -0.39 is 0 Å². The van der Waals surface area contributed by atoms with Gasteiger partial charge in [-0.1, -0.05) is 36.4 Å². The molecule has 0 spiro atoms. The minimum absolute atomic E-state index is 0.00675. The van der Waals surface area contributed by atoms with E-state index in [1.807, 2.05) is 41.3 Å². The van der Waals surface area contributed by atoms with Crippen LogP contribution < -0.4 is 5.32 Å². The first-order chi connectivity index (χ1) is 13.1. The van der Waals surface area contributed by atoms with Gasteiger partial charge in [0.05, 0.1) is 6.54 Å². The lowest BCUT2D eigenvalue weighted by Gasteiger charge is -2.21. The highest BCUT2D eigenvalue weighted by molar-refractivity contribution is 9.10. The minimum atomic E-state index is -0.0633. The van der Waals surface area contributed by atoms with Crippen molar-refractivity contribution in [3.05, 3.63) is 64.4 Å². The molecule has 0 atom stereocenters. The first kappa shape index (κ1) is 19.5. The predicted octanol–water partition coefficient (Wildman–Crippen LogP) is 2.31. The van der Waals surface area contributed by atoms with Crippen molar-refractivity contribution in [1.82, 2.24) is 20.1 Å². The van der Waals surface area contributed by atoms with Crippen molar-refractivity contribution >= 4 is 27.7 Å². The standard InChI is InChI=1S/C20H23BrN4O2/c21-18-9-4-8-17(23-18)20(27)25-11-5-10-24(12-13-25)15-19(26)22-14-16-6-2-1-3-7-16/h1-4,6-9H,5,10-15H2,(H,22,26). The normalized spacial score (nSPS) is 15.2. The zero-order valence-corrected chi connectivity index (χ0v) is 16.7. The molecule has 6 nitrogen and oxygen atoms in total. The maximum Gasteiger partial charge on any atom is 0.272 e. The lowest BCUT2D eigenvalue weighted by atomic mass is 10.2. The molecule has 142 valence electrons. The molecule has 1 N–H and O–H groups in total. The van der Waals surface area contributed by atoms with E-state index in [2.05, 4.69) is 31.1 Å². The fraction of sp³-hybridized carbons (Fsp3) is 0.350. The van der Waals surface area contributed by atoms with Crippen molar-refractivity contribution in [1.29, 1.82) is 0 Å². The highest BCUT2D eigenvalue weighted by Crippen LogP contribution is 2.11. The Bertz CT molecular complexity index is 785. The zero-order chi connectivity index (χ0) is 19.1. The van der Waals surface area contributed by atoms with Crippen molar-refractivity contribution < 1.29 is 9.59 Å². The van der Waals surface area contributed by atoms with E-state index in [9.17, 15) is 9.59 Å². The number of aromatic nitrogens is 1. The van der Waals surface area contributed by atoms with Crippen LogP contribution in [0.1, 0.15) is 22.5 Å². The van der Waals surface area contributed by atoms with Crippen LogP contribution in [0.25, 0.3) is 0 Å². The van der Waals surface area contributed by atoms with E-state index in [-0.39, 0.29) is 11.8 Å². The fourth-order valence-corrected chi connectivity index (χ4v) is 3.42. The van der Waals surface area contributed by atoms with Gasteiger partial charge in [0.1, 0.15) is 10.3 Å². The molecule has 1 saturated heterocycles. The SMILES string of the molecule is O=C(CN1CCCN(C(=O)c2cccc(Br)n2)CC1)NCc1ccccc1. The topological polar surface area (TPSA) is 65.5 Å². The highest BCUT2D eigenvalue weighted by Gasteiger charge is 2.22. The first-order valence-electron chi connectivity index (χ1n) is 9.06. The average molecular weight is 431 g/mol. The predicted molar refractivity (Wildman–Crippen MR) is 107 cm³/mol. The summed E-state index contributed by atoms with van der Waals surface area (Å²) in [6.07, 6.45) is 0.839. The second-order valence-corrected chi connectivity index (χ2v) is 7.34. The van der Waals surface area contributed by atoms with Gasteiger partial charge < -0.3 is 10.2 Å². The number of nitrogens with one attached hydrogen (secondary N) is 1. The molecule has 2 amide bonds. The fourth-order valence-electron chi connectivity index (χ4n) is 3.08. The van der Waals surface area contributed by atoms with Gasteiger partial charge in [-0.15, -0.1) is 0 Å². The van der Waals surface area contributed by atoms with Gasteiger partial charge in [0, 0.05) is 32.7 Å². The highest BCUT2D eigenvalue weighted by atomic mass is 79.9. The molecular weight excluding hydrogens is 408 g/mol. The number of carbonyl (C=O) groups is 2. The Morgan fingerprint density at radius 2 is 1.81 bits per heavy atom. The number of hydrogen-bond donors (Lipinski definition) is 1. The third kappa shape index (κ3) is 5.87. The van der Waals surface area contributed by atoms with Gasteiger partial charge in [-0.25, -0.2) is 4.98 Å². The van der Waals surface area contributed by atoms with Crippen LogP contribution in [0.2, 0.25) is 0 Å². The number of rotatable bonds is 5. The van der Waals surface area contributed by atoms with Gasteiger partial charge >= 0.3 is 0 Å². The van der Waals surface area contributed by atoms with Crippen LogP contribution in [0.15, 0.2) is 53.1 Å². The van der Waals surface area contributed by atoms with E-state index in [1.54, 1.807) is 12.1 Å². The van der Waals surface area contributed by atoms with Crippen LogP contribution in [0.5, 0.6) is 0 Å². The molecule has 2 heterocycles. The second kappa shape index (κ2) is 9.62. The summed E-state index contributed by atoms with van der Waals surface area (Å²) in [7, 11) is 0. The number of halogens is 1. The summed E-state index contributed by atoms with van der Waals surface area (Å²) in [5.41, 5.74) is 1.53. The van der Waals surface area contributed by atoms with Crippen molar-refractivity contribution in [3.63, 3.8) is 0 Å². The van der Waals surface area contributed by atoms with Gasteiger partial charge in [-0.2, -0.15) is 0 Å². The number of amides is 2. The minimum Gasteiger partial charge on any atom is -0.351 e. The number of carbonyl (C=O) groups excluding carboxylic acids is 2. The monoisotopic (exact) mass is 430 g/mol. The molecule has 7 heteroatoms. The van der Waals surface area contributed by atoms with Crippen molar-refractivity contribution in [2.24, 2.45) is 0 Å². The van der Waals surface area contributed by atoms with Crippen LogP contribution in [-0.4, -0.2) is 59.3 Å². The van der Waals surface area contributed by atoms with Gasteiger partial charge in [-0.3, -0.25) is 14.5 Å². The molecule has 1 aromatic heterocycles. The molecule has 1 aliphatic rings. The maximum absolute atomic E-state index is 12.6. The Kier molecular flexibility index (Phi) is 6.95.